The van der Waals surface area contributed by atoms with E-state index in [2.05, 4.69) is 15.2 Å². The number of benzene rings is 1. The molecule has 3 rings (SSSR count). The molecule has 0 atom stereocenters. The SMILES string of the molecule is COC(=O)Cc1nc2cc(C)ccn2c1N=Nc1ccccc1F. The van der Waals surface area contributed by atoms with Gasteiger partial charge in [0.25, 0.3) is 0 Å². The highest BCUT2D eigenvalue weighted by Crippen LogP contribution is 2.26. The van der Waals surface area contributed by atoms with Gasteiger partial charge in [0, 0.05) is 6.20 Å². The van der Waals surface area contributed by atoms with Gasteiger partial charge in [-0.1, -0.05) is 12.1 Å². The Labute approximate surface area is 137 Å². The lowest BCUT2D eigenvalue weighted by atomic mass is 10.3. The average Bonchev–Trinajstić information content (AvgIpc) is 2.90. The number of hydrogen-bond acceptors (Lipinski definition) is 5. The van der Waals surface area contributed by atoms with Crippen LogP contribution in [-0.4, -0.2) is 22.5 Å². The molecule has 0 radical (unpaired) electrons. The molecular formula is C17H15FN4O2. The van der Waals surface area contributed by atoms with Crippen molar-refractivity contribution in [2.75, 3.05) is 7.11 Å². The minimum absolute atomic E-state index is 0.0388. The Balaban J connectivity index is 2.08. The number of esters is 1. The Morgan fingerprint density at radius 2 is 2.08 bits per heavy atom. The maximum absolute atomic E-state index is 13.7. The summed E-state index contributed by atoms with van der Waals surface area (Å²) in [5.74, 6) is -0.531. The lowest BCUT2D eigenvalue weighted by Gasteiger charge is -1.99. The number of carbonyl (C=O) groups excluding carboxylic acids is 1. The predicted octanol–water partition coefficient (Wildman–Crippen LogP) is 3.91. The van der Waals surface area contributed by atoms with Crippen molar-refractivity contribution in [2.45, 2.75) is 13.3 Å². The van der Waals surface area contributed by atoms with Gasteiger partial charge in [-0.2, -0.15) is 0 Å². The average molecular weight is 326 g/mol. The summed E-state index contributed by atoms with van der Waals surface area (Å²) >= 11 is 0. The van der Waals surface area contributed by atoms with Gasteiger partial charge in [-0.25, -0.2) is 9.37 Å². The third kappa shape index (κ3) is 3.15. The number of azo groups is 1. The Morgan fingerprint density at radius 3 is 2.83 bits per heavy atom. The predicted molar refractivity (Wildman–Crippen MR) is 86.2 cm³/mol. The van der Waals surface area contributed by atoms with Crippen molar-refractivity contribution in [1.29, 1.82) is 0 Å². The number of methoxy groups -OCH3 is 1. The fourth-order valence-corrected chi connectivity index (χ4v) is 2.25. The first kappa shape index (κ1) is 15.8. The van der Waals surface area contributed by atoms with Crippen LogP contribution in [-0.2, 0) is 16.0 Å². The van der Waals surface area contributed by atoms with E-state index in [1.54, 1.807) is 22.7 Å². The van der Waals surface area contributed by atoms with E-state index >= 15 is 0 Å². The lowest BCUT2D eigenvalue weighted by Crippen LogP contribution is -2.04. The first-order valence-electron chi connectivity index (χ1n) is 7.29. The molecule has 0 unspecified atom stereocenters. The summed E-state index contributed by atoms with van der Waals surface area (Å²) < 4.78 is 20.1. The van der Waals surface area contributed by atoms with E-state index in [4.69, 9.17) is 4.74 Å². The van der Waals surface area contributed by atoms with Crippen LogP contribution in [0.2, 0.25) is 0 Å². The number of aromatic nitrogens is 2. The van der Waals surface area contributed by atoms with E-state index in [0.717, 1.165) is 5.56 Å². The Bertz CT molecular complexity index is 933. The zero-order valence-electron chi connectivity index (χ0n) is 13.2. The molecule has 0 saturated heterocycles. The van der Waals surface area contributed by atoms with Gasteiger partial charge in [0.15, 0.2) is 11.6 Å². The third-order valence-corrected chi connectivity index (χ3v) is 3.47. The summed E-state index contributed by atoms with van der Waals surface area (Å²) in [6, 6.07) is 9.83. The number of halogens is 1. The molecule has 24 heavy (non-hydrogen) atoms. The van der Waals surface area contributed by atoms with Crippen LogP contribution in [0.15, 0.2) is 52.8 Å². The first-order valence-corrected chi connectivity index (χ1v) is 7.29. The Morgan fingerprint density at radius 1 is 1.29 bits per heavy atom. The molecule has 0 fully saturated rings. The van der Waals surface area contributed by atoms with Gasteiger partial charge in [-0.05, 0) is 36.8 Å². The second-order valence-corrected chi connectivity index (χ2v) is 5.22. The summed E-state index contributed by atoms with van der Waals surface area (Å²) in [5, 5.41) is 8.07. The smallest absolute Gasteiger partial charge is 0.311 e. The van der Waals surface area contributed by atoms with Crippen molar-refractivity contribution in [3.05, 3.63) is 59.7 Å². The number of carbonyl (C=O) groups is 1. The van der Waals surface area contributed by atoms with Gasteiger partial charge < -0.3 is 4.74 Å². The van der Waals surface area contributed by atoms with Crippen molar-refractivity contribution in [3.8, 4) is 0 Å². The van der Waals surface area contributed by atoms with Crippen LogP contribution in [0.4, 0.5) is 15.9 Å². The van der Waals surface area contributed by atoms with E-state index in [-0.39, 0.29) is 12.1 Å². The van der Waals surface area contributed by atoms with Gasteiger partial charge in [0.2, 0.25) is 0 Å². The number of nitrogens with zero attached hydrogens (tertiary/aromatic N) is 4. The monoisotopic (exact) mass is 326 g/mol. The van der Waals surface area contributed by atoms with Gasteiger partial charge in [0.05, 0.1) is 19.2 Å². The fourth-order valence-electron chi connectivity index (χ4n) is 2.25. The second kappa shape index (κ2) is 6.57. The van der Waals surface area contributed by atoms with E-state index in [9.17, 15) is 9.18 Å². The number of fused-ring (bicyclic) bond motifs is 1. The lowest BCUT2D eigenvalue weighted by molar-refractivity contribution is -0.139. The summed E-state index contributed by atoms with van der Waals surface area (Å²) in [4.78, 5) is 16.0. The molecule has 0 aliphatic rings. The van der Waals surface area contributed by atoms with E-state index in [1.165, 1.54) is 19.2 Å². The number of ether oxygens (including phenoxy) is 1. The summed E-state index contributed by atoms with van der Waals surface area (Å²) in [6.07, 6.45) is 1.75. The van der Waals surface area contributed by atoms with E-state index in [0.29, 0.717) is 17.2 Å². The minimum Gasteiger partial charge on any atom is -0.469 e. The molecule has 0 N–H and O–H groups in total. The Kier molecular flexibility index (Phi) is 4.33. The van der Waals surface area contributed by atoms with Gasteiger partial charge in [-0.3, -0.25) is 9.20 Å². The molecule has 2 aromatic heterocycles. The molecule has 2 heterocycles. The van der Waals surface area contributed by atoms with Crippen molar-refractivity contribution in [2.24, 2.45) is 10.2 Å². The highest BCUT2D eigenvalue weighted by atomic mass is 19.1. The van der Waals surface area contributed by atoms with Gasteiger partial charge in [0.1, 0.15) is 11.3 Å². The first-order chi connectivity index (χ1) is 11.6. The van der Waals surface area contributed by atoms with Crippen molar-refractivity contribution in [3.63, 3.8) is 0 Å². The number of imidazole rings is 1. The Hall–Kier alpha value is -3.09. The number of rotatable bonds is 4. The van der Waals surface area contributed by atoms with Crippen molar-refractivity contribution < 1.29 is 13.9 Å². The summed E-state index contributed by atoms with van der Waals surface area (Å²) in [5.41, 5.74) is 2.20. The van der Waals surface area contributed by atoms with Crippen molar-refractivity contribution in [1.82, 2.24) is 9.38 Å². The topological polar surface area (TPSA) is 68.3 Å². The zero-order chi connectivity index (χ0) is 17.1. The maximum Gasteiger partial charge on any atom is 0.311 e. The number of pyridine rings is 1. The van der Waals surface area contributed by atoms with E-state index in [1.807, 2.05) is 19.1 Å². The fraction of sp³-hybridized carbons (Fsp3) is 0.176. The standard InChI is InChI=1S/C17H15FN4O2/c1-11-7-8-22-15(9-11)19-14(10-16(23)24-2)17(22)21-20-13-6-4-3-5-12(13)18/h3-9H,10H2,1-2H3. The minimum atomic E-state index is -0.472. The van der Waals surface area contributed by atoms with Crippen LogP contribution in [0, 0.1) is 12.7 Å². The molecule has 0 amide bonds. The molecule has 6 nitrogen and oxygen atoms in total. The van der Waals surface area contributed by atoms with Crippen LogP contribution in [0.1, 0.15) is 11.3 Å². The molecule has 0 aliphatic carbocycles. The quantitative estimate of drug-likeness (QED) is 0.539. The van der Waals surface area contributed by atoms with Gasteiger partial charge >= 0.3 is 5.97 Å². The normalized spacial score (nSPS) is 11.3. The highest BCUT2D eigenvalue weighted by molar-refractivity contribution is 5.74. The molecule has 0 spiro atoms. The van der Waals surface area contributed by atoms with E-state index < -0.39 is 11.8 Å². The molecular weight excluding hydrogens is 311 g/mol. The highest BCUT2D eigenvalue weighted by Gasteiger charge is 2.16. The van der Waals surface area contributed by atoms with Crippen LogP contribution in [0.5, 0.6) is 0 Å². The van der Waals surface area contributed by atoms with Crippen molar-refractivity contribution >= 4 is 23.1 Å². The van der Waals surface area contributed by atoms with Crippen LogP contribution in [0.3, 0.4) is 0 Å². The largest absolute Gasteiger partial charge is 0.469 e. The molecule has 0 bridgehead atoms. The third-order valence-electron chi connectivity index (χ3n) is 3.47. The number of hydrogen-bond donors (Lipinski definition) is 0. The molecule has 7 heteroatoms. The summed E-state index contributed by atoms with van der Waals surface area (Å²) in [7, 11) is 1.31. The molecule has 0 aliphatic heterocycles. The summed E-state index contributed by atoms with van der Waals surface area (Å²) in [6.45, 7) is 1.94. The van der Waals surface area contributed by atoms with Crippen LogP contribution >= 0.6 is 0 Å². The molecule has 122 valence electrons. The van der Waals surface area contributed by atoms with Crippen LogP contribution < -0.4 is 0 Å². The maximum atomic E-state index is 13.7. The number of aryl methyl sites for hydroxylation is 1. The molecule has 1 aromatic carbocycles. The molecule has 0 saturated carbocycles. The second-order valence-electron chi connectivity index (χ2n) is 5.22. The zero-order valence-corrected chi connectivity index (χ0v) is 13.2. The molecule has 3 aromatic rings. The van der Waals surface area contributed by atoms with Crippen LogP contribution in [0.25, 0.3) is 5.65 Å². The van der Waals surface area contributed by atoms with Gasteiger partial charge in [-0.15, -0.1) is 10.2 Å².